The molecular weight excluding hydrogens is 1210 g/mol. The van der Waals surface area contributed by atoms with Crippen molar-refractivity contribution in [3.05, 3.63) is 206 Å². The van der Waals surface area contributed by atoms with Crippen LogP contribution in [0.25, 0.3) is 22.4 Å². The standard InChI is InChI=1S/C36H28OP2.C10H7N5.3CHCl3.BF4.Cu/c1-5-17-29(18-6-1)38(30-19-7-2-8-20-30)35-27-15-13-25-33(35)37-34-26-14-16-28-36(34)39(31-21-9-3-10-22-31)32-23-11-4-12-24-32;1-2-4-8-7(3-1)5-6-9(11-8)10-12-14-15-13-10;3*2-1(3)4;2-1(3,4)5;/h1-28H;1-6H,(H,12,13,14,15);3*1H;;/q;;;;;-1;+1. The normalized spacial score (nSPS) is 10.5. The van der Waals surface area contributed by atoms with E-state index in [0.29, 0.717) is 5.82 Å². The molecule has 0 radical (unpaired) electrons. The van der Waals surface area contributed by atoms with Crippen molar-refractivity contribution >= 4 is 170 Å². The van der Waals surface area contributed by atoms with E-state index in [9.17, 15) is 17.3 Å². The van der Waals surface area contributed by atoms with E-state index in [2.05, 4.69) is 195 Å². The van der Waals surface area contributed by atoms with E-state index in [0.717, 1.165) is 28.1 Å². The molecule has 9 rings (SSSR count). The summed E-state index contributed by atoms with van der Waals surface area (Å²) in [6, 6.07) is 72.0. The third kappa shape index (κ3) is 23.9. The van der Waals surface area contributed by atoms with Crippen molar-refractivity contribution in [1.82, 2.24) is 25.6 Å². The Morgan fingerprint density at radius 3 is 1.10 bits per heavy atom. The van der Waals surface area contributed by atoms with E-state index in [4.69, 9.17) is 109 Å². The Balaban J connectivity index is 0.000000337. The minimum Gasteiger partial charge on any atom is -0.456 e. The quantitative estimate of drug-likeness (QED) is 0.0674. The van der Waals surface area contributed by atoms with Crippen molar-refractivity contribution in [2.75, 3.05) is 0 Å². The molecule has 0 unspecified atom stereocenters. The molecule has 6 nitrogen and oxygen atoms in total. The number of alkyl halides is 9. The van der Waals surface area contributed by atoms with Gasteiger partial charge >= 0.3 is 24.3 Å². The van der Waals surface area contributed by atoms with Gasteiger partial charge in [-0.1, -0.05) is 286 Å². The number of aromatic nitrogens is 5. The number of halogens is 13. The second-order valence-electron chi connectivity index (χ2n) is 13.4. The van der Waals surface area contributed by atoms with Crippen LogP contribution in [0, 0.1) is 0 Å². The first-order valence-corrected chi connectivity index (χ1v) is 27.0. The molecule has 0 aliphatic rings. The van der Waals surface area contributed by atoms with Crippen LogP contribution >= 0.6 is 120 Å². The van der Waals surface area contributed by atoms with Gasteiger partial charge in [0.1, 0.15) is 17.2 Å². The van der Waals surface area contributed by atoms with Crippen LogP contribution < -0.4 is 36.6 Å². The van der Waals surface area contributed by atoms with Crippen LogP contribution in [-0.4, -0.2) is 45.7 Å². The number of para-hydroxylation sites is 3. The smallest absolute Gasteiger partial charge is 0.456 e. The minimum atomic E-state index is -6.00. The number of aromatic amines is 1. The first kappa shape index (κ1) is 62.9. The number of hydrogen-bond donors (Lipinski definition) is 1. The van der Waals surface area contributed by atoms with Crippen molar-refractivity contribution in [1.29, 1.82) is 0 Å². The Bertz CT molecular complexity index is 2640. The van der Waals surface area contributed by atoms with Crippen LogP contribution in [0.5, 0.6) is 11.5 Å². The summed E-state index contributed by atoms with van der Waals surface area (Å²) in [6.07, 6.45) is 0. The first-order valence-electron chi connectivity index (χ1n) is 20.4. The van der Waals surface area contributed by atoms with Gasteiger partial charge in [0.05, 0.1) is 5.52 Å². The summed E-state index contributed by atoms with van der Waals surface area (Å²) in [5.74, 6) is 2.39. The van der Waals surface area contributed by atoms with Gasteiger partial charge in [0.2, 0.25) is 0 Å². The van der Waals surface area contributed by atoms with Gasteiger partial charge in [-0.15, -0.1) is 5.10 Å². The first-order chi connectivity index (χ1) is 34.0. The molecule has 23 heteroatoms. The van der Waals surface area contributed by atoms with E-state index in [-0.39, 0.29) is 17.1 Å². The summed E-state index contributed by atoms with van der Waals surface area (Å²) < 4.78 is 43.7. The fraction of sp³-hybridized carbons (Fsp3) is 0.0612. The number of benzene rings is 7. The van der Waals surface area contributed by atoms with Gasteiger partial charge in [-0.25, -0.2) is 10.1 Å². The Kier molecular flexibility index (Phi) is 29.9. The summed E-state index contributed by atoms with van der Waals surface area (Å²) >= 11 is 43.3. The third-order valence-corrected chi connectivity index (χ3v) is 13.6. The molecule has 380 valence electrons. The van der Waals surface area contributed by atoms with Crippen molar-refractivity contribution in [3.63, 3.8) is 0 Å². The van der Waals surface area contributed by atoms with Crippen LogP contribution in [0.4, 0.5) is 17.3 Å². The summed E-state index contributed by atoms with van der Waals surface area (Å²) in [4.78, 5) is 4.44. The number of H-pyrrole nitrogens is 1. The van der Waals surface area contributed by atoms with Gasteiger partial charge in [0, 0.05) is 16.0 Å². The molecule has 2 heterocycles. The van der Waals surface area contributed by atoms with Crippen LogP contribution in [0.15, 0.2) is 206 Å². The molecule has 0 saturated heterocycles. The topological polar surface area (TPSA) is 76.6 Å². The minimum absolute atomic E-state index is 0. The molecule has 2 aromatic heterocycles. The van der Waals surface area contributed by atoms with Gasteiger partial charge in [0.15, 0.2) is 18.7 Å². The average Bonchev–Trinajstić information content (AvgIpc) is 3.89. The zero-order valence-corrected chi connectivity index (χ0v) is 46.3. The van der Waals surface area contributed by atoms with Crippen LogP contribution in [-0.2, 0) is 17.1 Å². The Hall–Kier alpha value is -3.41. The number of tetrazole rings is 1. The van der Waals surface area contributed by atoms with E-state index in [1.54, 1.807) is 0 Å². The zero-order valence-electron chi connectivity index (χ0n) is 36.7. The second-order valence-corrected chi connectivity index (χ2v) is 23.7. The predicted octanol–water partition coefficient (Wildman–Crippen LogP) is 15.7. The molecule has 0 atom stereocenters. The van der Waals surface area contributed by atoms with Gasteiger partial charge < -0.3 is 22.0 Å². The maximum Gasteiger partial charge on any atom is 1.00 e. The molecule has 72 heavy (non-hydrogen) atoms. The molecule has 0 fully saturated rings. The van der Waals surface area contributed by atoms with Crippen LogP contribution in [0.3, 0.4) is 0 Å². The Labute approximate surface area is 473 Å². The molecule has 1 N–H and O–H groups in total. The average molecular weight is 1240 g/mol. The number of ether oxygens (including phenoxy) is 1. The number of hydrogen-bond acceptors (Lipinski definition) is 5. The molecule has 0 spiro atoms. The number of fused-ring (bicyclic) bond motifs is 1. The molecule has 0 amide bonds. The Morgan fingerprint density at radius 1 is 0.431 bits per heavy atom. The van der Waals surface area contributed by atoms with Gasteiger partial charge in [0.25, 0.3) is 0 Å². The maximum atomic E-state index is 9.75. The van der Waals surface area contributed by atoms with Crippen molar-refractivity contribution in [2.24, 2.45) is 0 Å². The summed E-state index contributed by atoms with van der Waals surface area (Å²) in [5, 5.41) is 22.3. The van der Waals surface area contributed by atoms with Gasteiger partial charge in [-0.3, -0.25) is 0 Å². The van der Waals surface area contributed by atoms with Crippen LogP contribution in [0.1, 0.15) is 0 Å². The summed E-state index contributed by atoms with van der Waals surface area (Å²) in [7, 11) is -7.59. The summed E-state index contributed by atoms with van der Waals surface area (Å²) in [5.41, 5.74) is 1.69. The number of pyridine rings is 1. The SMILES string of the molecule is ClC(Cl)Cl.ClC(Cl)Cl.ClC(Cl)Cl.F[B-](F)(F)F.[Cu+].c1ccc(P(c2ccccc2)c2ccccc2Oc2ccccc2P(c2ccccc2)c2ccccc2)cc1.c1ccc2nc(-c3nnn[nH]3)ccc2c1. The molecule has 0 bridgehead atoms. The molecule has 0 saturated carbocycles. The van der Waals surface area contributed by atoms with E-state index in [1.165, 1.54) is 31.8 Å². The van der Waals surface area contributed by atoms with Crippen LogP contribution in [0.2, 0.25) is 0 Å². The van der Waals surface area contributed by atoms with E-state index >= 15 is 0 Å². The van der Waals surface area contributed by atoms with Gasteiger partial charge in [-0.05, 0) is 71.8 Å². The van der Waals surface area contributed by atoms with E-state index < -0.39 is 36.0 Å². The fourth-order valence-corrected chi connectivity index (χ4v) is 10.9. The molecule has 7 aromatic carbocycles. The number of nitrogens with zero attached hydrogens (tertiary/aromatic N) is 4. The Morgan fingerprint density at radius 2 is 0.750 bits per heavy atom. The van der Waals surface area contributed by atoms with Crippen molar-refractivity contribution < 1.29 is 39.1 Å². The molecule has 9 aromatic rings. The molecule has 0 aliphatic carbocycles. The second kappa shape index (κ2) is 34.2. The maximum absolute atomic E-state index is 9.75. The largest absolute Gasteiger partial charge is 1.00 e. The molecule has 0 aliphatic heterocycles. The number of rotatable bonds is 9. The van der Waals surface area contributed by atoms with E-state index in [1.807, 2.05) is 36.4 Å². The van der Waals surface area contributed by atoms with Crippen molar-refractivity contribution in [2.45, 2.75) is 12.9 Å². The predicted molar refractivity (Wildman–Crippen MR) is 300 cm³/mol. The van der Waals surface area contributed by atoms with Crippen molar-refractivity contribution in [3.8, 4) is 23.0 Å². The zero-order chi connectivity index (χ0) is 51.6. The summed E-state index contributed by atoms with van der Waals surface area (Å²) in [6.45, 7) is 0. The monoisotopic (exact) mass is 1240 g/mol. The third-order valence-electron chi connectivity index (χ3n) is 8.68. The molecular formula is C49H38BCl9CuF4N5OP2. The number of nitrogens with one attached hydrogen (secondary N) is 1. The van der Waals surface area contributed by atoms with Gasteiger partial charge in [-0.2, -0.15) is 0 Å². The fourth-order valence-electron chi connectivity index (χ4n) is 6.20.